The summed E-state index contributed by atoms with van der Waals surface area (Å²) in [5, 5.41) is 0. The molecule has 36 heavy (non-hydrogen) atoms. The van der Waals surface area contributed by atoms with Crippen LogP contribution < -0.4 is 4.74 Å². The largest absolute Gasteiger partial charge is 0.481 e. The first-order chi connectivity index (χ1) is 17.3. The minimum absolute atomic E-state index is 0.166. The molecule has 1 aliphatic carbocycles. The number of likely N-dealkylation sites (tertiary alicyclic amines) is 1. The predicted molar refractivity (Wildman–Crippen MR) is 144 cm³/mol. The van der Waals surface area contributed by atoms with E-state index in [0.717, 1.165) is 54.5 Å². The lowest BCUT2D eigenvalue weighted by Gasteiger charge is -2.46. The van der Waals surface area contributed by atoms with Crippen LogP contribution in [0.4, 0.5) is 0 Å². The fourth-order valence-electron chi connectivity index (χ4n) is 6.61. The van der Waals surface area contributed by atoms with Gasteiger partial charge in [-0.05, 0) is 75.5 Å². The van der Waals surface area contributed by atoms with Gasteiger partial charge in [-0.2, -0.15) is 0 Å². The minimum Gasteiger partial charge on any atom is -0.481 e. The van der Waals surface area contributed by atoms with Crippen molar-refractivity contribution >= 4 is 17.2 Å². The number of amides is 1. The van der Waals surface area contributed by atoms with Crippen molar-refractivity contribution in [3.8, 4) is 5.88 Å². The second-order valence-electron chi connectivity index (χ2n) is 11.1. The predicted octanol–water partition coefficient (Wildman–Crippen LogP) is 5.27. The van der Waals surface area contributed by atoms with Crippen molar-refractivity contribution in [1.29, 1.82) is 0 Å². The molecule has 3 aliphatic rings. The molecule has 0 aromatic carbocycles. The molecule has 2 aromatic heterocycles. The topological polar surface area (TPSA) is 54.9 Å². The number of hydrogen-bond acceptors (Lipinski definition) is 6. The van der Waals surface area contributed by atoms with Crippen molar-refractivity contribution in [2.75, 3.05) is 33.9 Å². The van der Waals surface area contributed by atoms with Crippen LogP contribution >= 0.6 is 11.3 Å². The van der Waals surface area contributed by atoms with Gasteiger partial charge in [0.05, 0.1) is 25.3 Å². The average Bonchev–Trinajstić information content (AvgIpc) is 3.18. The molecule has 2 fully saturated rings. The van der Waals surface area contributed by atoms with E-state index in [1.54, 1.807) is 7.11 Å². The molecule has 4 heterocycles. The molecule has 6 nitrogen and oxygen atoms in total. The van der Waals surface area contributed by atoms with E-state index in [0.29, 0.717) is 30.4 Å². The van der Waals surface area contributed by atoms with E-state index >= 15 is 0 Å². The molecule has 1 saturated carbocycles. The lowest BCUT2D eigenvalue weighted by Crippen LogP contribution is -2.56. The van der Waals surface area contributed by atoms with Crippen LogP contribution in [0, 0.1) is 26.7 Å². The highest BCUT2D eigenvalue weighted by Gasteiger charge is 2.37. The molecule has 1 saturated heterocycles. The van der Waals surface area contributed by atoms with E-state index in [4.69, 9.17) is 9.47 Å². The van der Waals surface area contributed by atoms with Gasteiger partial charge in [0.1, 0.15) is 0 Å². The number of aromatic nitrogens is 1. The molecular formula is C29H41N3O3S. The Labute approximate surface area is 220 Å². The Balaban J connectivity index is 1.27. The summed E-state index contributed by atoms with van der Waals surface area (Å²) in [6, 6.07) is 2.80. The van der Waals surface area contributed by atoms with Gasteiger partial charge in [-0.1, -0.05) is 6.92 Å². The number of pyridine rings is 1. The van der Waals surface area contributed by atoms with E-state index in [1.807, 2.05) is 30.3 Å². The van der Waals surface area contributed by atoms with E-state index < -0.39 is 0 Å². The first-order valence-corrected chi connectivity index (χ1v) is 14.3. The van der Waals surface area contributed by atoms with Crippen molar-refractivity contribution in [2.45, 2.75) is 84.4 Å². The minimum atomic E-state index is 0.166. The molecule has 0 N–H and O–H groups in total. The van der Waals surface area contributed by atoms with Gasteiger partial charge in [0.2, 0.25) is 5.88 Å². The van der Waals surface area contributed by atoms with Crippen molar-refractivity contribution in [3.05, 3.63) is 43.8 Å². The maximum Gasteiger partial charge on any atom is 0.255 e. The fourth-order valence-corrected chi connectivity index (χ4v) is 8.04. The molecule has 0 bridgehead atoms. The SMILES string of the molecule is COc1nc(C)cc(C)c1CN1CCc2sc([C@H](C)[C@H]3CC[C@H](N4CC(OC)C4)CC3)c(C)c2C1=O. The van der Waals surface area contributed by atoms with Crippen LogP contribution in [0.5, 0.6) is 5.88 Å². The van der Waals surface area contributed by atoms with E-state index in [2.05, 4.69) is 36.7 Å². The summed E-state index contributed by atoms with van der Waals surface area (Å²) >= 11 is 1.90. The van der Waals surface area contributed by atoms with Crippen LogP contribution in [0.1, 0.15) is 81.0 Å². The summed E-state index contributed by atoms with van der Waals surface area (Å²) in [7, 11) is 3.48. The Morgan fingerprint density at radius 3 is 2.53 bits per heavy atom. The molecule has 0 radical (unpaired) electrons. The molecule has 2 aromatic rings. The van der Waals surface area contributed by atoms with Crippen molar-refractivity contribution < 1.29 is 14.3 Å². The molecule has 2 aliphatic heterocycles. The van der Waals surface area contributed by atoms with Crippen LogP contribution in [0.3, 0.4) is 0 Å². The number of nitrogens with zero attached hydrogens (tertiary/aromatic N) is 3. The molecule has 0 unspecified atom stereocenters. The zero-order valence-electron chi connectivity index (χ0n) is 22.7. The average molecular weight is 512 g/mol. The lowest BCUT2D eigenvalue weighted by atomic mass is 9.76. The molecular weight excluding hydrogens is 470 g/mol. The Kier molecular flexibility index (Phi) is 7.44. The Hall–Kier alpha value is -1.96. The Bertz CT molecular complexity index is 1120. The van der Waals surface area contributed by atoms with Crippen LogP contribution in [0.2, 0.25) is 0 Å². The quantitative estimate of drug-likeness (QED) is 0.507. The maximum absolute atomic E-state index is 13.7. The number of hydrogen-bond donors (Lipinski definition) is 0. The normalized spacial score (nSPS) is 23.9. The van der Waals surface area contributed by atoms with E-state index in [1.165, 1.54) is 41.0 Å². The first-order valence-electron chi connectivity index (χ1n) is 13.5. The molecule has 0 spiro atoms. The van der Waals surface area contributed by atoms with E-state index in [9.17, 15) is 4.79 Å². The monoisotopic (exact) mass is 511 g/mol. The highest BCUT2D eigenvalue weighted by atomic mass is 32.1. The molecule has 7 heteroatoms. The molecule has 196 valence electrons. The second kappa shape index (κ2) is 10.4. The maximum atomic E-state index is 13.7. The third kappa shape index (κ3) is 4.70. The number of carbonyl (C=O) groups excluding carboxylic acids is 1. The Morgan fingerprint density at radius 2 is 1.86 bits per heavy atom. The number of carbonyl (C=O) groups is 1. The van der Waals surface area contributed by atoms with Gasteiger partial charge in [-0.15, -0.1) is 11.3 Å². The number of methoxy groups -OCH3 is 2. The fraction of sp³-hybridized carbons (Fsp3) is 0.655. The lowest BCUT2D eigenvalue weighted by molar-refractivity contribution is -0.0600. The van der Waals surface area contributed by atoms with Gasteiger partial charge in [0, 0.05) is 60.2 Å². The van der Waals surface area contributed by atoms with Gasteiger partial charge < -0.3 is 14.4 Å². The molecule has 5 rings (SSSR count). The van der Waals surface area contributed by atoms with Gasteiger partial charge in [0.25, 0.3) is 5.91 Å². The summed E-state index contributed by atoms with van der Waals surface area (Å²) in [4.78, 5) is 25.6. The van der Waals surface area contributed by atoms with Crippen molar-refractivity contribution in [3.63, 3.8) is 0 Å². The smallest absolute Gasteiger partial charge is 0.255 e. The summed E-state index contributed by atoms with van der Waals surface area (Å²) in [5.74, 6) is 2.01. The van der Waals surface area contributed by atoms with Crippen molar-refractivity contribution in [1.82, 2.24) is 14.8 Å². The van der Waals surface area contributed by atoms with Gasteiger partial charge in [-0.25, -0.2) is 4.98 Å². The Morgan fingerprint density at radius 1 is 1.14 bits per heavy atom. The number of fused-ring (bicyclic) bond motifs is 1. The number of rotatable bonds is 7. The zero-order valence-corrected chi connectivity index (χ0v) is 23.5. The van der Waals surface area contributed by atoms with Gasteiger partial charge in [0.15, 0.2) is 0 Å². The number of ether oxygens (including phenoxy) is 2. The van der Waals surface area contributed by atoms with Crippen LogP contribution in [0.15, 0.2) is 6.07 Å². The standard InChI is InChI=1S/C29H41N3O3S/c1-17-13-18(2)30-28(35-6)24(17)16-31-12-11-25-26(29(31)33)20(4)27(36-25)19(3)21-7-9-22(10-8-21)32-14-23(15-32)34-5/h13,19,21-23H,7-12,14-16H2,1-6H3/t19-,21-,22-/m1/s1. The summed E-state index contributed by atoms with van der Waals surface area (Å²) in [5.41, 5.74) is 5.25. The van der Waals surface area contributed by atoms with Crippen LogP contribution in [-0.4, -0.2) is 66.7 Å². The van der Waals surface area contributed by atoms with Crippen LogP contribution in [-0.2, 0) is 17.7 Å². The number of thiophene rings is 1. The zero-order chi connectivity index (χ0) is 25.6. The van der Waals surface area contributed by atoms with Crippen LogP contribution in [0.25, 0.3) is 0 Å². The van der Waals surface area contributed by atoms with Gasteiger partial charge in [-0.3, -0.25) is 9.69 Å². The van der Waals surface area contributed by atoms with Crippen molar-refractivity contribution in [2.24, 2.45) is 5.92 Å². The number of aryl methyl sites for hydroxylation is 2. The third-order valence-corrected chi connectivity index (χ3v) is 10.5. The molecule has 1 atom stereocenters. The summed E-state index contributed by atoms with van der Waals surface area (Å²) in [6.07, 6.45) is 6.50. The van der Waals surface area contributed by atoms with Gasteiger partial charge >= 0.3 is 0 Å². The second-order valence-corrected chi connectivity index (χ2v) is 12.2. The summed E-state index contributed by atoms with van der Waals surface area (Å²) < 4.78 is 11.0. The molecule has 1 amide bonds. The summed E-state index contributed by atoms with van der Waals surface area (Å²) in [6.45, 7) is 12.1. The first kappa shape index (κ1) is 25.7. The van der Waals surface area contributed by atoms with E-state index in [-0.39, 0.29) is 5.91 Å². The highest BCUT2D eigenvalue weighted by Crippen LogP contribution is 2.44. The third-order valence-electron chi connectivity index (χ3n) is 8.93. The highest BCUT2D eigenvalue weighted by molar-refractivity contribution is 7.12.